The third-order valence-corrected chi connectivity index (χ3v) is 1.44. The molecule has 1 rings (SSSR count). The third kappa shape index (κ3) is 2.36. The van der Waals surface area contributed by atoms with E-state index in [0.29, 0.717) is 12.1 Å². The van der Waals surface area contributed by atoms with Gasteiger partial charge in [-0.2, -0.15) is 0 Å². The van der Waals surface area contributed by atoms with Crippen molar-refractivity contribution >= 4 is 11.8 Å². The molecule has 0 bridgehead atoms. The minimum Gasteiger partial charge on any atom is -0.397 e. The van der Waals surface area contributed by atoms with Crippen LogP contribution in [0.3, 0.4) is 0 Å². The summed E-state index contributed by atoms with van der Waals surface area (Å²) in [6.45, 7) is 0.156. The average Bonchev–Trinajstić information content (AvgIpc) is 2.09. The van der Waals surface area contributed by atoms with Gasteiger partial charge in [-0.25, -0.2) is 0 Å². The van der Waals surface area contributed by atoms with Gasteiger partial charge in [0.1, 0.15) is 0 Å². The van der Waals surface area contributed by atoms with Crippen molar-refractivity contribution in [3.8, 4) is 0 Å². The zero-order valence-electron chi connectivity index (χ0n) is 6.77. The molecule has 0 radical (unpaired) electrons. The standard InChI is InChI=1S/C9H12N2O/c10-8-4-3-6-11-9(8)5-1-2-7-12/h1,3-6,12H,2,7,10H2. The predicted octanol–water partition coefficient (Wildman–Crippen LogP) is 1.06. The molecular weight excluding hydrogens is 152 g/mol. The summed E-state index contributed by atoms with van der Waals surface area (Å²) in [6.07, 6.45) is 5.98. The zero-order chi connectivity index (χ0) is 8.81. The number of aliphatic hydroxyl groups excluding tert-OH is 1. The molecule has 3 nitrogen and oxygen atoms in total. The SMILES string of the molecule is Nc1cccnc1C=CCCO. The molecule has 0 fully saturated rings. The van der Waals surface area contributed by atoms with Gasteiger partial charge in [-0.1, -0.05) is 6.08 Å². The fourth-order valence-corrected chi connectivity index (χ4v) is 0.839. The monoisotopic (exact) mass is 164 g/mol. The van der Waals surface area contributed by atoms with Crippen LogP contribution >= 0.6 is 0 Å². The molecule has 0 aliphatic heterocycles. The molecule has 0 saturated carbocycles. The molecule has 1 heterocycles. The number of nitrogen functional groups attached to an aromatic ring is 1. The number of pyridine rings is 1. The first kappa shape index (κ1) is 8.74. The average molecular weight is 164 g/mol. The highest BCUT2D eigenvalue weighted by molar-refractivity contribution is 5.59. The number of aromatic nitrogens is 1. The van der Waals surface area contributed by atoms with Gasteiger partial charge in [-0.3, -0.25) is 4.98 Å². The summed E-state index contributed by atoms with van der Waals surface area (Å²) in [7, 11) is 0. The van der Waals surface area contributed by atoms with Gasteiger partial charge in [0.15, 0.2) is 0 Å². The normalized spacial score (nSPS) is 10.8. The summed E-state index contributed by atoms with van der Waals surface area (Å²) in [4.78, 5) is 4.06. The molecule has 0 saturated heterocycles. The zero-order valence-corrected chi connectivity index (χ0v) is 6.77. The Morgan fingerprint density at radius 3 is 3.08 bits per heavy atom. The summed E-state index contributed by atoms with van der Waals surface area (Å²) in [5.74, 6) is 0. The quantitative estimate of drug-likeness (QED) is 0.702. The van der Waals surface area contributed by atoms with Crippen molar-refractivity contribution in [1.29, 1.82) is 0 Å². The van der Waals surface area contributed by atoms with E-state index in [1.54, 1.807) is 18.3 Å². The number of hydrogen-bond acceptors (Lipinski definition) is 3. The lowest BCUT2D eigenvalue weighted by molar-refractivity contribution is 0.303. The van der Waals surface area contributed by atoms with Crippen LogP contribution < -0.4 is 5.73 Å². The maximum atomic E-state index is 8.51. The number of hydrogen-bond donors (Lipinski definition) is 2. The molecule has 12 heavy (non-hydrogen) atoms. The Labute approximate surface area is 71.6 Å². The van der Waals surface area contributed by atoms with Gasteiger partial charge in [0.2, 0.25) is 0 Å². The minimum atomic E-state index is 0.156. The van der Waals surface area contributed by atoms with Crippen LogP contribution in [0.15, 0.2) is 24.4 Å². The molecule has 1 aromatic rings. The van der Waals surface area contributed by atoms with E-state index in [9.17, 15) is 0 Å². The number of nitrogens with two attached hydrogens (primary N) is 1. The summed E-state index contributed by atoms with van der Waals surface area (Å²) >= 11 is 0. The molecule has 64 valence electrons. The molecule has 0 unspecified atom stereocenters. The second kappa shape index (κ2) is 4.51. The molecule has 0 aliphatic rings. The molecule has 0 amide bonds. The fraction of sp³-hybridized carbons (Fsp3) is 0.222. The Morgan fingerprint density at radius 1 is 1.58 bits per heavy atom. The summed E-state index contributed by atoms with van der Waals surface area (Å²) in [5, 5.41) is 8.51. The Hall–Kier alpha value is -1.35. The third-order valence-electron chi connectivity index (χ3n) is 1.44. The van der Waals surface area contributed by atoms with Crippen LogP contribution in [0.2, 0.25) is 0 Å². The van der Waals surface area contributed by atoms with Gasteiger partial charge in [0.25, 0.3) is 0 Å². The van der Waals surface area contributed by atoms with Crippen LogP contribution in [0.1, 0.15) is 12.1 Å². The molecule has 1 aromatic heterocycles. The first-order valence-electron chi connectivity index (χ1n) is 3.82. The van der Waals surface area contributed by atoms with Crippen LogP contribution in [-0.2, 0) is 0 Å². The van der Waals surface area contributed by atoms with Gasteiger partial charge >= 0.3 is 0 Å². The lowest BCUT2D eigenvalue weighted by Gasteiger charge is -1.96. The van der Waals surface area contributed by atoms with Gasteiger partial charge in [-0.05, 0) is 24.6 Å². The second-order valence-corrected chi connectivity index (χ2v) is 2.39. The summed E-state index contributed by atoms with van der Waals surface area (Å²) in [5.41, 5.74) is 7.04. The van der Waals surface area contributed by atoms with Gasteiger partial charge in [0, 0.05) is 12.8 Å². The van der Waals surface area contributed by atoms with Crippen LogP contribution in [0, 0.1) is 0 Å². The van der Waals surface area contributed by atoms with E-state index in [1.807, 2.05) is 12.2 Å². The van der Waals surface area contributed by atoms with E-state index in [-0.39, 0.29) is 6.61 Å². The second-order valence-electron chi connectivity index (χ2n) is 2.39. The molecule has 0 aromatic carbocycles. The van der Waals surface area contributed by atoms with Gasteiger partial charge in [-0.15, -0.1) is 0 Å². The molecule has 0 aliphatic carbocycles. The van der Waals surface area contributed by atoms with E-state index in [1.165, 1.54) is 0 Å². The van der Waals surface area contributed by atoms with E-state index >= 15 is 0 Å². The van der Waals surface area contributed by atoms with Crippen LogP contribution in [0.5, 0.6) is 0 Å². The smallest absolute Gasteiger partial charge is 0.0855 e. The van der Waals surface area contributed by atoms with E-state index in [0.717, 1.165) is 5.69 Å². The van der Waals surface area contributed by atoms with Crippen LogP contribution in [-0.4, -0.2) is 16.7 Å². The van der Waals surface area contributed by atoms with Crippen molar-refractivity contribution in [2.24, 2.45) is 0 Å². The van der Waals surface area contributed by atoms with Crippen LogP contribution in [0.4, 0.5) is 5.69 Å². The highest BCUT2D eigenvalue weighted by Crippen LogP contribution is 2.08. The predicted molar refractivity (Wildman–Crippen MR) is 49.4 cm³/mol. The van der Waals surface area contributed by atoms with Crippen molar-refractivity contribution in [2.45, 2.75) is 6.42 Å². The maximum absolute atomic E-state index is 8.51. The lowest BCUT2D eigenvalue weighted by atomic mass is 10.2. The Bertz CT molecular complexity index is 271. The number of anilines is 1. The lowest BCUT2D eigenvalue weighted by Crippen LogP contribution is -1.91. The first-order chi connectivity index (χ1) is 5.84. The highest BCUT2D eigenvalue weighted by atomic mass is 16.2. The van der Waals surface area contributed by atoms with Crippen molar-refractivity contribution in [3.05, 3.63) is 30.1 Å². The van der Waals surface area contributed by atoms with Crippen molar-refractivity contribution in [1.82, 2.24) is 4.98 Å². The van der Waals surface area contributed by atoms with Crippen molar-refractivity contribution in [3.63, 3.8) is 0 Å². The Morgan fingerprint density at radius 2 is 2.42 bits per heavy atom. The first-order valence-corrected chi connectivity index (χ1v) is 3.82. The van der Waals surface area contributed by atoms with Crippen molar-refractivity contribution in [2.75, 3.05) is 12.3 Å². The molecule has 0 atom stereocenters. The number of aliphatic hydroxyl groups is 1. The molecular formula is C9H12N2O. The summed E-state index contributed by atoms with van der Waals surface area (Å²) < 4.78 is 0. The molecule has 3 N–H and O–H groups in total. The maximum Gasteiger partial charge on any atom is 0.0855 e. The van der Waals surface area contributed by atoms with Gasteiger partial charge in [0.05, 0.1) is 11.4 Å². The molecule has 3 heteroatoms. The van der Waals surface area contributed by atoms with Crippen LogP contribution in [0.25, 0.3) is 6.08 Å². The highest BCUT2D eigenvalue weighted by Gasteiger charge is 1.91. The number of nitrogens with zero attached hydrogens (tertiary/aromatic N) is 1. The van der Waals surface area contributed by atoms with Crippen molar-refractivity contribution < 1.29 is 5.11 Å². The Kier molecular flexibility index (Phi) is 3.29. The summed E-state index contributed by atoms with van der Waals surface area (Å²) in [6, 6.07) is 3.59. The minimum absolute atomic E-state index is 0.156. The molecule has 0 spiro atoms. The topological polar surface area (TPSA) is 59.1 Å². The fourth-order valence-electron chi connectivity index (χ4n) is 0.839. The van der Waals surface area contributed by atoms with E-state index < -0.39 is 0 Å². The Balaban J connectivity index is 2.68. The van der Waals surface area contributed by atoms with E-state index in [4.69, 9.17) is 10.8 Å². The number of rotatable bonds is 3. The largest absolute Gasteiger partial charge is 0.397 e. The van der Waals surface area contributed by atoms with E-state index in [2.05, 4.69) is 4.98 Å². The van der Waals surface area contributed by atoms with Gasteiger partial charge < -0.3 is 10.8 Å².